The molecular formula is C25H22N2O4. The number of benzene rings is 3. The summed E-state index contributed by atoms with van der Waals surface area (Å²) in [5.41, 5.74) is 3.41. The maximum Gasteiger partial charge on any atom is 0.337 e. The Morgan fingerprint density at radius 2 is 1.52 bits per heavy atom. The van der Waals surface area contributed by atoms with Crippen LogP contribution in [-0.2, 0) is 9.53 Å². The summed E-state index contributed by atoms with van der Waals surface area (Å²) in [6.07, 6.45) is 0. The number of carbonyl (C=O) groups is 2. The van der Waals surface area contributed by atoms with Crippen LogP contribution in [-0.4, -0.2) is 32.6 Å². The number of anilines is 2. The van der Waals surface area contributed by atoms with Gasteiger partial charge in [-0.25, -0.2) is 4.79 Å². The lowest BCUT2D eigenvalue weighted by Gasteiger charge is -2.08. The molecule has 0 saturated carbocycles. The quantitative estimate of drug-likeness (QED) is 0.472. The van der Waals surface area contributed by atoms with Gasteiger partial charge in [0.25, 0.3) is 0 Å². The van der Waals surface area contributed by atoms with E-state index in [1.54, 1.807) is 49.6 Å². The molecule has 0 saturated heterocycles. The molecule has 0 heterocycles. The van der Waals surface area contributed by atoms with Crippen LogP contribution in [0.5, 0.6) is 5.75 Å². The zero-order valence-electron chi connectivity index (χ0n) is 17.3. The first-order valence-electron chi connectivity index (χ1n) is 9.55. The fourth-order valence-electron chi connectivity index (χ4n) is 2.75. The molecule has 3 aromatic rings. The standard InChI is InChI=1S/C25H22N2O4/c1-30-23-13-11-21(12-14-23)27-24(28)17-26-22-8-4-6-19(16-22)10-9-18-5-3-7-20(15-18)25(29)31-2/h3-8,11-16,26H,17H2,1-2H3,(H,27,28). The summed E-state index contributed by atoms with van der Waals surface area (Å²) in [4.78, 5) is 23.8. The highest BCUT2D eigenvalue weighted by Crippen LogP contribution is 2.15. The monoisotopic (exact) mass is 414 g/mol. The molecule has 0 spiro atoms. The van der Waals surface area contributed by atoms with Gasteiger partial charge in [-0.2, -0.15) is 0 Å². The van der Waals surface area contributed by atoms with Crippen LogP contribution >= 0.6 is 0 Å². The number of ether oxygens (including phenoxy) is 2. The van der Waals surface area contributed by atoms with Gasteiger partial charge in [0.1, 0.15) is 5.75 Å². The number of nitrogens with one attached hydrogen (secondary N) is 2. The summed E-state index contributed by atoms with van der Waals surface area (Å²) in [5, 5.41) is 5.91. The van der Waals surface area contributed by atoms with Crippen molar-refractivity contribution in [1.29, 1.82) is 0 Å². The highest BCUT2D eigenvalue weighted by Gasteiger charge is 2.05. The molecular weight excluding hydrogens is 392 g/mol. The smallest absolute Gasteiger partial charge is 0.337 e. The van der Waals surface area contributed by atoms with Crippen LogP contribution in [0.2, 0.25) is 0 Å². The molecule has 2 N–H and O–H groups in total. The van der Waals surface area contributed by atoms with Crippen molar-refractivity contribution in [3.63, 3.8) is 0 Å². The summed E-state index contributed by atoms with van der Waals surface area (Å²) in [6.45, 7) is 0.115. The van der Waals surface area contributed by atoms with Crippen LogP contribution in [0.15, 0.2) is 72.8 Å². The Morgan fingerprint density at radius 1 is 0.839 bits per heavy atom. The molecule has 0 atom stereocenters. The molecule has 3 aromatic carbocycles. The fourth-order valence-corrected chi connectivity index (χ4v) is 2.75. The number of hydrogen-bond donors (Lipinski definition) is 2. The number of rotatable bonds is 6. The lowest BCUT2D eigenvalue weighted by Crippen LogP contribution is -2.21. The Bertz CT molecular complexity index is 1130. The predicted octanol–water partition coefficient (Wildman–Crippen LogP) is 3.93. The van der Waals surface area contributed by atoms with Gasteiger partial charge in [0.2, 0.25) is 5.91 Å². The Balaban J connectivity index is 1.60. The van der Waals surface area contributed by atoms with Gasteiger partial charge in [-0.3, -0.25) is 4.79 Å². The maximum absolute atomic E-state index is 12.2. The summed E-state index contributed by atoms with van der Waals surface area (Å²) < 4.78 is 9.83. The second-order valence-electron chi connectivity index (χ2n) is 6.53. The third-order valence-corrected chi connectivity index (χ3v) is 4.32. The van der Waals surface area contributed by atoms with Crippen molar-refractivity contribution in [1.82, 2.24) is 0 Å². The first kappa shape index (κ1) is 21.5. The highest BCUT2D eigenvalue weighted by molar-refractivity contribution is 5.93. The van der Waals surface area contributed by atoms with Gasteiger partial charge >= 0.3 is 5.97 Å². The van der Waals surface area contributed by atoms with Gasteiger partial charge in [0.15, 0.2) is 0 Å². The maximum atomic E-state index is 12.2. The third kappa shape index (κ3) is 6.38. The summed E-state index contributed by atoms with van der Waals surface area (Å²) >= 11 is 0. The molecule has 31 heavy (non-hydrogen) atoms. The second-order valence-corrected chi connectivity index (χ2v) is 6.53. The van der Waals surface area contributed by atoms with E-state index in [1.807, 2.05) is 30.3 Å². The van der Waals surface area contributed by atoms with E-state index in [1.165, 1.54) is 7.11 Å². The van der Waals surface area contributed by atoms with Crippen LogP contribution in [0.25, 0.3) is 0 Å². The summed E-state index contributed by atoms with van der Waals surface area (Å²) in [6, 6.07) is 21.5. The Morgan fingerprint density at radius 3 is 2.19 bits per heavy atom. The molecule has 0 bridgehead atoms. The molecule has 0 aliphatic rings. The number of methoxy groups -OCH3 is 2. The minimum atomic E-state index is -0.400. The number of hydrogen-bond acceptors (Lipinski definition) is 5. The molecule has 0 fully saturated rings. The van der Waals surface area contributed by atoms with Gasteiger partial charge < -0.3 is 20.1 Å². The summed E-state index contributed by atoms with van der Waals surface area (Å²) in [5.74, 6) is 6.27. The number of carbonyl (C=O) groups excluding carboxylic acids is 2. The molecule has 0 aliphatic heterocycles. The van der Waals surface area contributed by atoms with Crippen LogP contribution < -0.4 is 15.4 Å². The SMILES string of the molecule is COC(=O)c1cccc(C#Cc2cccc(NCC(=O)Nc3ccc(OC)cc3)c2)c1. The minimum Gasteiger partial charge on any atom is -0.497 e. The number of amides is 1. The molecule has 156 valence electrons. The van der Waals surface area contributed by atoms with E-state index in [-0.39, 0.29) is 12.5 Å². The lowest BCUT2D eigenvalue weighted by atomic mass is 10.1. The van der Waals surface area contributed by atoms with Crippen molar-refractivity contribution in [2.75, 3.05) is 31.4 Å². The van der Waals surface area contributed by atoms with Gasteiger partial charge in [-0.1, -0.05) is 24.0 Å². The molecule has 0 unspecified atom stereocenters. The molecule has 3 rings (SSSR count). The molecule has 0 aliphatic carbocycles. The third-order valence-electron chi connectivity index (χ3n) is 4.32. The van der Waals surface area contributed by atoms with Gasteiger partial charge in [0, 0.05) is 22.5 Å². The van der Waals surface area contributed by atoms with Crippen molar-refractivity contribution in [3.8, 4) is 17.6 Å². The Kier molecular flexibility index (Phi) is 7.28. The van der Waals surface area contributed by atoms with E-state index in [2.05, 4.69) is 22.5 Å². The largest absolute Gasteiger partial charge is 0.497 e. The van der Waals surface area contributed by atoms with Crippen molar-refractivity contribution >= 4 is 23.3 Å². The highest BCUT2D eigenvalue weighted by atomic mass is 16.5. The van der Waals surface area contributed by atoms with Crippen LogP contribution in [0.3, 0.4) is 0 Å². The molecule has 1 amide bonds. The van der Waals surface area contributed by atoms with Crippen molar-refractivity contribution in [2.24, 2.45) is 0 Å². The van der Waals surface area contributed by atoms with Gasteiger partial charge in [0.05, 0.1) is 26.3 Å². The van der Waals surface area contributed by atoms with Crippen LogP contribution in [0.4, 0.5) is 11.4 Å². The van der Waals surface area contributed by atoms with E-state index in [0.29, 0.717) is 16.8 Å². The Labute approximate surface area is 181 Å². The topological polar surface area (TPSA) is 76.7 Å². The molecule has 6 nitrogen and oxygen atoms in total. The van der Waals surface area contributed by atoms with E-state index >= 15 is 0 Å². The zero-order valence-corrected chi connectivity index (χ0v) is 17.3. The molecule has 6 heteroatoms. The fraction of sp³-hybridized carbons (Fsp3) is 0.120. The number of esters is 1. The molecule has 0 aromatic heterocycles. The first-order chi connectivity index (χ1) is 15.1. The second kappa shape index (κ2) is 10.5. The van der Waals surface area contributed by atoms with Crippen molar-refractivity contribution in [2.45, 2.75) is 0 Å². The molecule has 0 radical (unpaired) electrons. The van der Waals surface area contributed by atoms with Crippen LogP contribution in [0, 0.1) is 11.8 Å². The van der Waals surface area contributed by atoms with Gasteiger partial charge in [-0.15, -0.1) is 0 Å². The van der Waals surface area contributed by atoms with E-state index in [9.17, 15) is 9.59 Å². The van der Waals surface area contributed by atoms with Crippen molar-refractivity contribution < 1.29 is 19.1 Å². The van der Waals surface area contributed by atoms with E-state index in [0.717, 1.165) is 17.0 Å². The average molecular weight is 414 g/mol. The van der Waals surface area contributed by atoms with Crippen LogP contribution in [0.1, 0.15) is 21.5 Å². The van der Waals surface area contributed by atoms with E-state index < -0.39 is 5.97 Å². The average Bonchev–Trinajstić information content (AvgIpc) is 2.82. The minimum absolute atomic E-state index is 0.115. The first-order valence-corrected chi connectivity index (χ1v) is 9.55. The lowest BCUT2D eigenvalue weighted by molar-refractivity contribution is -0.114. The zero-order chi connectivity index (χ0) is 22.1. The van der Waals surface area contributed by atoms with Crippen molar-refractivity contribution in [3.05, 3.63) is 89.5 Å². The summed E-state index contributed by atoms with van der Waals surface area (Å²) in [7, 11) is 2.94. The Hall–Kier alpha value is -4.24. The predicted molar refractivity (Wildman–Crippen MR) is 120 cm³/mol. The van der Waals surface area contributed by atoms with Gasteiger partial charge in [-0.05, 0) is 60.7 Å². The van der Waals surface area contributed by atoms with E-state index in [4.69, 9.17) is 9.47 Å². The normalized spacial score (nSPS) is 9.74.